The molecular formula is C16H21N5O. The highest BCUT2D eigenvalue weighted by molar-refractivity contribution is 5.91. The lowest BCUT2D eigenvalue weighted by Gasteiger charge is -2.12. The van der Waals surface area contributed by atoms with Crippen LogP contribution in [0.1, 0.15) is 32.3 Å². The second-order valence-electron chi connectivity index (χ2n) is 5.02. The average Bonchev–Trinajstić information content (AvgIpc) is 2.56. The number of hydrogen-bond acceptors (Lipinski definition) is 5. The molecule has 0 spiro atoms. The van der Waals surface area contributed by atoms with E-state index >= 15 is 0 Å². The summed E-state index contributed by atoms with van der Waals surface area (Å²) in [4.78, 5) is 16.0. The molecule has 116 valence electrons. The lowest BCUT2D eigenvalue weighted by molar-refractivity contribution is -0.120. The van der Waals surface area contributed by atoms with Gasteiger partial charge in [-0.3, -0.25) is 9.78 Å². The van der Waals surface area contributed by atoms with Gasteiger partial charge in [0.1, 0.15) is 5.82 Å². The van der Waals surface area contributed by atoms with E-state index in [1.165, 1.54) is 0 Å². The van der Waals surface area contributed by atoms with Crippen LogP contribution in [0.2, 0.25) is 0 Å². The number of pyridine rings is 1. The first-order valence-electron chi connectivity index (χ1n) is 7.50. The summed E-state index contributed by atoms with van der Waals surface area (Å²) in [6, 6.07) is 7.42. The largest absolute Gasteiger partial charge is 0.364 e. The minimum atomic E-state index is -0.00429. The SMILES string of the molecule is CCC(CC)C(=O)Nc1ccc(NCc2cccnc2)nn1. The number of rotatable bonds is 7. The Bertz CT molecular complexity index is 581. The van der Waals surface area contributed by atoms with Crippen LogP contribution in [0.3, 0.4) is 0 Å². The van der Waals surface area contributed by atoms with Gasteiger partial charge in [-0.05, 0) is 36.6 Å². The summed E-state index contributed by atoms with van der Waals surface area (Å²) in [7, 11) is 0. The minimum absolute atomic E-state index is 0.00429. The van der Waals surface area contributed by atoms with E-state index in [1.807, 2.05) is 26.0 Å². The standard InChI is InChI=1S/C16H21N5O/c1-3-13(4-2)16(22)19-15-8-7-14(20-21-15)18-11-12-6-5-9-17-10-12/h5-10,13H,3-4,11H2,1-2H3,(H,18,20)(H,19,21,22). The molecule has 2 heterocycles. The van der Waals surface area contributed by atoms with Crippen molar-refractivity contribution in [1.29, 1.82) is 0 Å². The quantitative estimate of drug-likeness (QED) is 0.821. The Kier molecular flexibility index (Phi) is 5.82. The number of aromatic nitrogens is 3. The molecule has 0 aromatic carbocycles. The van der Waals surface area contributed by atoms with Crippen LogP contribution in [-0.4, -0.2) is 21.1 Å². The zero-order chi connectivity index (χ0) is 15.8. The third-order valence-electron chi connectivity index (χ3n) is 3.47. The van der Waals surface area contributed by atoms with Crippen LogP contribution in [0.15, 0.2) is 36.7 Å². The normalized spacial score (nSPS) is 10.5. The second kappa shape index (κ2) is 8.07. The monoisotopic (exact) mass is 299 g/mol. The van der Waals surface area contributed by atoms with Crippen molar-refractivity contribution < 1.29 is 4.79 Å². The van der Waals surface area contributed by atoms with Crippen molar-refractivity contribution in [1.82, 2.24) is 15.2 Å². The Hall–Kier alpha value is -2.50. The number of carbonyl (C=O) groups excluding carboxylic acids is 1. The molecule has 0 unspecified atom stereocenters. The number of nitrogens with one attached hydrogen (secondary N) is 2. The fourth-order valence-corrected chi connectivity index (χ4v) is 2.08. The van der Waals surface area contributed by atoms with Gasteiger partial charge in [0.15, 0.2) is 5.82 Å². The van der Waals surface area contributed by atoms with E-state index in [1.54, 1.807) is 24.5 Å². The molecule has 0 bridgehead atoms. The van der Waals surface area contributed by atoms with Crippen molar-refractivity contribution in [2.24, 2.45) is 5.92 Å². The van der Waals surface area contributed by atoms with Gasteiger partial charge in [-0.1, -0.05) is 19.9 Å². The van der Waals surface area contributed by atoms with Crippen LogP contribution >= 0.6 is 0 Å². The molecule has 0 aliphatic carbocycles. The third kappa shape index (κ3) is 4.51. The summed E-state index contributed by atoms with van der Waals surface area (Å²) in [6.45, 7) is 4.64. The van der Waals surface area contributed by atoms with Gasteiger partial charge in [0.2, 0.25) is 5.91 Å². The van der Waals surface area contributed by atoms with Crippen molar-refractivity contribution in [2.75, 3.05) is 10.6 Å². The molecule has 22 heavy (non-hydrogen) atoms. The molecule has 2 rings (SSSR count). The van der Waals surface area contributed by atoms with Crippen molar-refractivity contribution in [3.8, 4) is 0 Å². The summed E-state index contributed by atoms with van der Waals surface area (Å²) in [6.07, 6.45) is 5.17. The van der Waals surface area contributed by atoms with E-state index in [-0.39, 0.29) is 11.8 Å². The molecule has 0 radical (unpaired) electrons. The number of amides is 1. The maximum absolute atomic E-state index is 12.0. The van der Waals surface area contributed by atoms with Crippen LogP contribution in [0, 0.1) is 5.92 Å². The first-order chi connectivity index (χ1) is 10.7. The Labute approximate surface area is 130 Å². The topological polar surface area (TPSA) is 79.8 Å². The molecule has 0 aliphatic heterocycles. The Balaban J connectivity index is 1.89. The van der Waals surface area contributed by atoms with E-state index in [2.05, 4.69) is 25.8 Å². The molecule has 0 saturated heterocycles. The second-order valence-corrected chi connectivity index (χ2v) is 5.02. The summed E-state index contributed by atoms with van der Waals surface area (Å²) in [5.74, 6) is 1.15. The lowest BCUT2D eigenvalue weighted by atomic mass is 10.0. The van der Waals surface area contributed by atoms with Gasteiger partial charge in [0, 0.05) is 24.9 Å². The molecule has 2 aromatic rings. The van der Waals surface area contributed by atoms with Gasteiger partial charge in [-0.25, -0.2) is 0 Å². The smallest absolute Gasteiger partial charge is 0.228 e. The van der Waals surface area contributed by atoms with Gasteiger partial charge in [-0.15, -0.1) is 10.2 Å². The van der Waals surface area contributed by atoms with Gasteiger partial charge >= 0.3 is 0 Å². The number of anilines is 2. The molecule has 0 fully saturated rings. The Morgan fingerprint density at radius 3 is 2.45 bits per heavy atom. The Morgan fingerprint density at radius 1 is 1.14 bits per heavy atom. The fourth-order valence-electron chi connectivity index (χ4n) is 2.08. The summed E-state index contributed by atoms with van der Waals surface area (Å²) in [5.41, 5.74) is 1.07. The minimum Gasteiger partial charge on any atom is -0.364 e. The van der Waals surface area contributed by atoms with Crippen LogP contribution < -0.4 is 10.6 Å². The van der Waals surface area contributed by atoms with E-state index in [4.69, 9.17) is 0 Å². The molecule has 0 atom stereocenters. The van der Waals surface area contributed by atoms with Crippen LogP contribution in [0.25, 0.3) is 0 Å². The molecule has 2 N–H and O–H groups in total. The zero-order valence-electron chi connectivity index (χ0n) is 12.9. The van der Waals surface area contributed by atoms with E-state index in [0.29, 0.717) is 18.2 Å². The van der Waals surface area contributed by atoms with Crippen molar-refractivity contribution in [2.45, 2.75) is 33.2 Å². The lowest BCUT2D eigenvalue weighted by Crippen LogP contribution is -2.22. The highest BCUT2D eigenvalue weighted by Gasteiger charge is 2.14. The summed E-state index contributed by atoms with van der Waals surface area (Å²) in [5, 5.41) is 14.0. The van der Waals surface area contributed by atoms with Gasteiger partial charge < -0.3 is 10.6 Å². The van der Waals surface area contributed by atoms with Crippen molar-refractivity contribution >= 4 is 17.5 Å². The van der Waals surface area contributed by atoms with Gasteiger partial charge in [0.25, 0.3) is 0 Å². The molecule has 1 amide bonds. The maximum atomic E-state index is 12.0. The maximum Gasteiger partial charge on any atom is 0.228 e. The Morgan fingerprint density at radius 2 is 1.86 bits per heavy atom. The van der Waals surface area contributed by atoms with Gasteiger partial charge in [0.05, 0.1) is 0 Å². The predicted molar refractivity (Wildman–Crippen MR) is 86.3 cm³/mol. The van der Waals surface area contributed by atoms with E-state index < -0.39 is 0 Å². The summed E-state index contributed by atoms with van der Waals surface area (Å²) < 4.78 is 0. The predicted octanol–water partition coefficient (Wildman–Crippen LogP) is 2.86. The third-order valence-corrected chi connectivity index (χ3v) is 3.47. The molecule has 6 nitrogen and oxygen atoms in total. The van der Waals surface area contributed by atoms with Crippen LogP contribution in [0.5, 0.6) is 0 Å². The zero-order valence-corrected chi connectivity index (χ0v) is 12.9. The fraction of sp³-hybridized carbons (Fsp3) is 0.375. The number of carbonyl (C=O) groups is 1. The van der Waals surface area contributed by atoms with Crippen molar-refractivity contribution in [3.05, 3.63) is 42.2 Å². The van der Waals surface area contributed by atoms with Gasteiger partial charge in [-0.2, -0.15) is 0 Å². The number of nitrogens with zero attached hydrogens (tertiary/aromatic N) is 3. The molecule has 0 saturated carbocycles. The first-order valence-corrected chi connectivity index (χ1v) is 7.50. The van der Waals surface area contributed by atoms with E-state index in [9.17, 15) is 4.79 Å². The molecule has 2 aromatic heterocycles. The highest BCUT2D eigenvalue weighted by atomic mass is 16.1. The van der Waals surface area contributed by atoms with Crippen molar-refractivity contribution in [3.63, 3.8) is 0 Å². The molecular weight excluding hydrogens is 278 g/mol. The molecule has 6 heteroatoms. The molecule has 0 aliphatic rings. The average molecular weight is 299 g/mol. The summed E-state index contributed by atoms with van der Waals surface area (Å²) >= 11 is 0. The van der Waals surface area contributed by atoms with Crippen LogP contribution in [0.4, 0.5) is 11.6 Å². The van der Waals surface area contributed by atoms with E-state index in [0.717, 1.165) is 18.4 Å². The van der Waals surface area contributed by atoms with Crippen LogP contribution in [-0.2, 0) is 11.3 Å². The number of hydrogen-bond donors (Lipinski definition) is 2. The first kappa shape index (κ1) is 15.9. The highest BCUT2D eigenvalue weighted by Crippen LogP contribution is 2.12.